The number of hydrogen-bond donors (Lipinski definition) is 2. The Balaban J connectivity index is 1.58. The summed E-state index contributed by atoms with van der Waals surface area (Å²) in [7, 11) is 0. The highest BCUT2D eigenvalue weighted by Gasteiger charge is 2.21. The van der Waals surface area contributed by atoms with Gasteiger partial charge in [-0.05, 0) is 25.3 Å². The molecule has 3 N–H and O–H groups in total. The minimum atomic E-state index is 0.332. The molecule has 1 saturated heterocycles. The Kier molecular flexibility index (Phi) is 5.37. The number of aromatic nitrogens is 2. The number of thiocarbonyl (C=S) groups is 1. The number of piperidine rings is 1. The lowest BCUT2D eigenvalue weighted by Crippen LogP contribution is -2.39. The van der Waals surface area contributed by atoms with E-state index < -0.39 is 0 Å². The summed E-state index contributed by atoms with van der Waals surface area (Å²) in [6.07, 6.45) is 3.86. The van der Waals surface area contributed by atoms with Gasteiger partial charge in [0.2, 0.25) is 0 Å². The molecule has 1 aromatic carbocycles. The fourth-order valence-electron chi connectivity index (χ4n) is 3.03. The average molecular weight is 341 g/mol. The summed E-state index contributed by atoms with van der Waals surface area (Å²) in [5.74, 6) is 1.48. The van der Waals surface area contributed by atoms with Crippen LogP contribution in [0.1, 0.15) is 29.8 Å². The van der Waals surface area contributed by atoms with Crippen molar-refractivity contribution in [3.05, 3.63) is 53.5 Å². The Morgan fingerprint density at radius 3 is 2.67 bits per heavy atom. The molecule has 0 amide bonds. The number of rotatable bonds is 5. The van der Waals surface area contributed by atoms with Gasteiger partial charge in [0.25, 0.3) is 0 Å². The lowest BCUT2D eigenvalue weighted by atomic mass is 10.0. The van der Waals surface area contributed by atoms with Crippen molar-refractivity contribution in [3.8, 4) is 0 Å². The molecule has 1 aromatic heterocycles. The molecule has 126 valence electrons. The summed E-state index contributed by atoms with van der Waals surface area (Å²) in [5.41, 5.74) is 7.87. The lowest BCUT2D eigenvalue weighted by Gasteiger charge is -2.33. The summed E-state index contributed by atoms with van der Waals surface area (Å²) in [6.45, 7) is 5.02. The van der Waals surface area contributed by atoms with Crippen LogP contribution in [0.15, 0.2) is 36.5 Å². The fourth-order valence-corrected chi connectivity index (χ4v) is 3.18. The van der Waals surface area contributed by atoms with E-state index in [1.807, 2.05) is 6.92 Å². The molecule has 1 aliphatic heterocycles. The van der Waals surface area contributed by atoms with Gasteiger partial charge in [-0.2, -0.15) is 0 Å². The van der Waals surface area contributed by atoms with Gasteiger partial charge in [-0.1, -0.05) is 42.5 Å². The molecule has 5 nitrogen and oxygen atoms in total. The van der Waals surface area contributed by atoms with E-state index in [0.717, 1.165) is 49.7 Å². The van der Waals surface area contributed by atoms with Crippen LogP contribution in [0.3, 0.4) is 0 Å². The number of hydrogen-bond acceptors (Lipinski definition) is 5. The summed E-state index contributed by atoms with van der Waals surface area (Å²) < 4.78 is 0. The summed E-state index contributed by atoms with van der Waals surface area (Å²) in [4.78, 5) is 11.5. The number of aryl methyl sites for hydroxylation is 1. The van der Waals surface area contributed by atoms with Crippen LogP contribution < -0.4 is 11.1 Å². The molecule has 0 saturated carbocycles. The number of nitrogens with one attached hydrogen (secondary N) is 1. The quantitative estimate of drug-likeness (QED) is 0.815. The van der Waals surface area contributed by atoms with E-state index in [0.29, 0.717) is 11.0 Å². The number of nitrogens with zero attached hydrogens (tertiary/aromatic N) is 3. The van der Waals surface area contributed by atoms with Gasteiger partial charge >= 0.3 is 0 Å². The highest BCUT2D eigenvalue weighted by atomic mass is 32.1. The summed E-state index contributed by atoms with van der Waals surface area (Å²) in [5, 5.41) is 3.51. The number of anilines is 1. The van der Waals surface area contributed by atoms with Crippen molar-refractivity contribution in [1.82, 2.24) is 14.9 Å². The molecule has 2 heterocycles. The van der Waals surface area contributed by atoms with E-state index in [4.69, 9.17) is 18.0 Å². The topological polar surface area (TPSA) is 67.1 Å². The number of likely N-dealkylation sites (tertiary alicyclic amines) is 1. The second kappa shape index (κ2) is 7.68. The minimum Gasteiger partial charge on any atom is -0.389 e. The van der Waals surface area contributed by atoms with E-state index in [1.165, 1.54) is 5.56 Å². The van der Waals surface area contributed by atoms with Crippen molar-refractivity contribution in [2.24, 2.45) is 5.73 Å². The van der Waals surface area contributed by atoms with E-state index in [1.54, 1.807) is 6.20 Å². The molecule has 0 unspecified atom stereocenters. The van der Waals surface area contributed by atoms with Crippen LogP contribution in [0.5, 0.6) is 0 Å². The van der Waals surface area contributed by atoms with Crippen LogP contribution in [-0.2, 0) is 6.54 Å². The van der Waals surface area contributed by atoms with Crippen LogP contribution >= 0.6 is 12.2 Å². The third-order valence-electron chi connectivity index (χ3n) is 4.35. The average Bonchev–Trinajstić information content (AvgIpc) is 2.57. The first kappa shape index (κ1) is 16.8. The largest absolute Gasteiger partial charge is 0.389 e. The molecule has 2 aromatic rings. The Bertz CT molecular complexity index is 696. The van der Waals surface area contributed by atoms with Crippen LogP contribution in [0.4, 0.5) is 5.82 Å². The molecule has 0 aliphatic carbocycles. The Labute approximate surface area is 148 Å². The first-order valence-electron chi connectivity index (χ1n) is 8.28. The van der Waals surface area contributed by atoms with Gasteiger partial charge in [0, 0.05) is 31.9 Å². The zero-order valence-electron chi connectivity index (χ0n) is 13.9. The molecule has 6 heteroatoms. The van der Waals surface area contributed by atoms with Crippen molar-refractivity contribution >= 4 is 23.0 Å². The SMILES string of the molecule is Cc1ncc(C(N)=S)c(NC2CCN(Cc3ccccc3)CC2)n1. The lowest BCUT2D eigenvalue weighted by molar-refractivity contribution is 0.211. The summed E-state index contributed by atoms with van der Waals surface area (Å²) >= 11 is 5.10. The van der Waals surface area contributed by atoms with E-state index in [9.17, 15) is 0 Å². The minimum absolute atomic E-state index is 0.332. The standard InChI is InChI=1S/C18H23N5S/c1-13-20-11-16(17(19)24)18(21-13)22-15-7-9-23(10-8-15)12-14-5-3-2-4-6-14/h2-6,11,15H,7-10,12H2,1H3,(H2,19,24)(H,20,21,22). The molecule has 3 rings (SSSR count). The van der Waals surface area contributed by atoms with Gasteiger partial charge in [0.15, 0.2) is 0 Å². The maximum absolute atomic E-state index is 5.78. The molecule has 0 atom stereocenters. The smallest absolute Gasteiger partial charge is 0.140 e. The van der Waals surface area contributed by atoms with Crippen molar-refractivity contribution in [2.45, 2.75) is 32.4 Å². The van der Waals surface area contributed by atoms with E-state index in [-0.39, 0.29) is 0 Å². The normalized spacial score (nSPS) is 16.0. The second-order valence-corrected chi connectivity index (χ2v) is 6.66. The van der Waals surface area contributed by atoms with Gasteiger partial charge in [-0.3, -0.25) is 4.90 Å². The molecular formula is C18H23N5S. The van der Waals surface area contributed by atoms with Crippen molar-refractivity contribution in [1.29, 1.82) is 0 Å². The first-order chi connectivity index (χ1) is 11.6. The van der Waals surface area contributed by atoms with Gasteiger partial charge in [0.1, 0.15) is 16.6 Å². The Morgan fingerprint density at radius 2 is 2.00 bits per heavy atom. The van der Waals surface area contributed by atoms with Crippen LogP contribution in [-0.4, -0.2) is 39.0 Å². The predicted octanol–water partition coefficient (Wildman–Crippen LogP) is 2.50. The molecule has 0 radical (unpaired) electrons. The monoisotopic (exact) mass is 341 g/mol. The zero-order valence-corrected chi connectivity index (χ0v) is 14.7. The highest BCUT2D eigenvalue weighted by molar-refractivity contribution is 7.80. The Morgan fingerprint density at radius 1 is 1.29 bits per heavy atom. The fraction of sp³-hybridized carbons (Fsp3) is 0.389. The van der Waals surface area contributed by atoms with Crippen LogP contribution in [0.25, 0.3) is 0 Å². The Hall–Kier alpha value is -2.05. The molecule has 24 heavy (non-hydrogen) atoms. The van der Waals surface area contributed by atoms with Crippen molar-refractivity contribution in [2.75, 3.05) is 18.4 Å². The zero-order chi connectivity index (χ0) is 16.9. The molecule has 1 fully saturated rings. The van der Waals surface area contributed by atoms with E-state index >= 15 is 0 Å². The molecule has 1 aliphatic rings. The van der Waals surface area contributed by atoms with Crippen molar-refractivity contribution < 1.29 is 0 Å². The maximum Gasteiger partial charge on any atom is 0.140 e. The second-order valence-electron chi connectivity index (χ2n) is 6.22. The van der Waals surface area contributed by atoms with Gasteiger partial charge in [0.05, 0.1) is 5.56 Å². The highest BCUT2D eigenvalue weighted by Crippen LogP contribution is 2.19. The van der Waals surface area contributed by atoms with Gasteiger partial charge < -0.3 is 11.1 Å². The van der Waals surface area contributed by atoms with Crippen LogP contribution in [0, 0.1) is 6.92 Å². The van der Waals surface area contributed by atoms with Crippen LogP contribution in [0.2, 0.25) is 0 Å². The predicted molar refractivity (Wildman–Crippen MR) is 101 cm³/mol. The molecular weight excluding hydrogens is 318 g/mol. The third-order valence-corrected chi connectivity index (χ3v) is 4.57. The number of benzene rings is 1. The molecule has 0 bridgehead atoms. The van der Waals surface area contributed by atoms with Crippen molar-refractivity contribution in [3.63, 3.8) is 0 Å². The van der Waals surface area contributed by atoms with Gasteiger partial charge in [-0.25, -0.2) is 9.97 Å². The maximum atomic E-state index is 5.78. The number of nitrogens with two attached hydrogens (primary N) is 1. The third kappa shape index (κ3) is 4.27. The first-order valence-corrected chi connectivity index (χ1v) is 8.69. The van der Waals surface area contributed by atoms with Gasteiger partial charge in [-0.15, -0.1) is 0 Å². The van der Waals surface area contributed by atoms with E-state index in [2.05, 4.69) is 50.5 Å². The molecule has 0 spiro atoms. The summed E-state index contributed by atoms with van der Waals surface area (Å²) in [6, 6.07) is 11.0.